The predicted molar refractivity (Wildman–Crippen MR) is 85.1 cm³/mol. The Balaban J connectivity index is 2.01. The molecule has 136 valence electrons. The zero-order chi connectivity index (χ0) is 18.4. The van der Waals surface area contributed by atoms with Gasteiger partial charge in [0, 0.05) is 0 Å². The first kappa shape index (κ1) is 18.6. The standard InChI is InChI=1S/C16H19F2N3O4/c1-10(14(17)18)6-4-5-7-25-16(22)11-9-19-21-13(24-3)8-12(23-2)20-15(11)21/h8-9H,4-7H2,1-3H3. The number of esters is 1. The van der Waals surface area contributed by atoms with E-state index in [2.05, 4.69) is 10.1 Å². The lowest BCUT2D eigenvalue weighted by atomic mass is 10.1. The van der Waals surface area contributed by atoms with Gasteiger partial charge in [-0.15, -0.1) is 0 Å². The van der Waals surface area contributed by atoms with Gasteiger partial charge in [-0.25, -0.2) is 4.79 Å². The summed E-state index contributed by atoms with van der Waals surface area (Å²) in [6.45, 7) is 1.51. The fourth-order valence-corrected chi connectivity index (χ4v) is 2.14. The van der Waals surface area contributed by atoms with Crippen LogP contribution < -0.4 is 9.47 Å². The van der Waals surface area contributed by atoms with Crippen molar-refractivity contribution < 1.29 is 27.8 Å². The Hall–Kier alpha value is -2.71. The summed E-state index contributed by atoms with van der Waals surface area (Å²) in [4.78, 5) is 16.4. The summed E-state index contributed by atoms with van der Waals surface area (Å²) >= 11 is 0. The number of fused-ring (bicyclic) bond motifs is 1. The molecule has 0 aliphatic rings. The summed E-state index contributed by atoms with van der Waals surface area (Å²) in [7, 11) is 2.91. The maximum absolute atomic E-state index is 12.3. The first-order chi connectivity index (χ1) is 12.0. The summed E-state index contributed by atoms with van der Waals surface area (Å²) in [5, 5.41) is 4.06. The number of carbonyl (C=O) groups is 1. The van der Waals surface area contributed by atoms with Crippen molar-refractivity contribution in [2.24, 2.45) is 0 Å². The SMILES string of the molecule is COc1cc(OC)n2ncc(C(=O)OCCCCC(C)=C(F)F)c2n1. The molecule has 9 heteroatoms. The minimum Gasteiger partial charge on any atom is -0.481 e. The number of methoxy groups -OCH3 is 2. The van der Waals surface area contributed by atoms with Crippen molar-refractivity contribution in [2.45, 2.75) is 26.2 Å². The van der Waals surface area contributed by atoms with Crippen LogP contribution in [0.15, 0.2) is 23.9 Å². The van der Waals surface area contributed by atoms with Crippen LogP contribution in [0.3, 0.4) is 0 Å². The average molecular weight is 355 g/mol. The monoisotopic (exact) mass is 355 g/mol. The van der Waals surface area contributed by atoms with Crippen LogP contribution in [0, 0.1) is 0 Å². The normalized spacial score (nSPS) is 10.6. The molecule has 2 rings (SSSR count). The second-order valence-electron chi connectivity index (χ2n) is 5.27. The van der Waals surface area contributed by atoms with Crippen LogP contribution in [0.5, 0.6) is 11.8 Å². The molecule has 2 aromatic heterocycles. The molecule has 0 saturated carbocycles. The van der Waals surface area contributed by atoms with Crippen LogP contribution in [0.4, 0.5) is 8.78 Å². The Morgan fingerprint density at radius 3 is 2.64 bits per heavy atom. The Kier molecular flexibility index (Phi) is 6.26. The summed E-state index contributed by atoms with van der Waals surface area (Å²) in [5.74, 6) is 0.0348. The van der Waals surface area contributed by atoms with E-state index in [1.54, 1.807) is 0 Å². The lowest BCUT2D eigenvalue weighted by Crippen LogP contribution is -2.07. The number of hydrogen-bond donors (Lipinski definition) is 0. The van der Waals surface area contributed by atoms with Crippen molar-refractivity contribution in [1.29, 1.82) is 0 Å². The topological polar surface area (TPSA) is 75.0 Å². The largest absolute Gasteiger partial charge is 0.481 e. The van der Waals surface area contributed by atoms with Crippen molar-refractivity contribution in [3.8, 4) is 11.8 Å². The fraction of sp³-hybridized carbons (Fsp3) is 0.438. The van der Waals surface area contributed by atoms with Crippen molar-refractivity contribution in [3.05, 3.63) is 29.5 Å². The maximum atomic E-state index is 12.3. The van der Waals surface area contributed by atoms with Gasteiger partial charge in [-0.05, 0) is 31.8 Å². The minimum absolute atomic E-state index is 0.0531. The molecular weight excluding hydrogens is 336 g/mol. The van der Waals surface area contributed by atoms with Crippen molar-refractivity contribution in [3.63, 3.8) is 0 Å². The molecule has 0 amide bonds. The van der Waals surface area contributed by atoms with Crippen LogP contribution in [0.1, 0.15) is 36.5 Å². The molecule has 0 aliphatic carbocycles. The molecule has 0 aromatic carbocycles. The van der Waals surface area contributed by atoms with Crippen molar-refractivity contribution in [1.82, 2.24) is 14.6 Å². The molecule has 0 saturated heterocycles. The summed E-state index contributed by atoms with van der Waals surface area (Å²) in [5.41, 5.74) is 0.472. The number of nitrogens with zero attached hydrogens (tertiary/aromatic N) is 3. The number of aromatic nitrogens is 3. The van der Waals surface area contributed by atoms with Crippen molar-refractivity contribution >= 4 is 11.6 Å². The number of hydrogen-bond acceptors (Lipinski definition) is 6. The first-order valence-electron chi connectivity index (χ1n) is 7.62. The highest BCUT2D eigenvalue weighted by Crippen LogP contribution is 2.22. The molecule has 25 heavy (non-hydrogen) atoms. The summed E-state index contributed by atoms with van der Waals surface area (Å²) in [6, 6.07) is 1.54. The van der Waals surface area contributed by atoms with E-state index in [1.807, 2.05) is 0 Å². The molecule has 0 unspecified atom stereocenters. The highest BCUT2D eigenvalue weighted by molar-refractivity contribution is 5.95. The predicted octanol–water partition coefficient (Wildman–Crippen LogP) is 3.24. The first-order valence-corrected chi connectivity index (χ1v) is 7.62. The molecule has 2 heterocycles. The van der Waals surface area contributed by atoms with Gasteiger partial charge in [-0.1, -0.05) is 0 Å². The highest BCUT2D eigenvalue weighted by Gasteiger charge is 2.19. The number of carbonyl (C=O) groups excluding carboxylic acids is 1. The van der Waals surface area contributed by atoms with Gasteiger partial charge in [-0.3, -0.25) is 0 Å². The molecule has 7 nitrogen and oxygen atoms in total. The van der Waals surface area contributed by atoms with Gasteiger partial charge in [0.1, 0.15) is 5.56 Å². The van der Waals surface area contributed by atoms with E-state index in [9.17, 15) is 13.6 Å². The van der Waals surface area contributed by atoms with Gasteiger partial charge in [-0.2, -0.15) is 23.4 Å². The molecule has 0 bridgehead atoms. The number of allylic oxidation sites excluding steroid dienone is 1. The molecule has 0 fully saturated rings. The summed E-state index contributed by atoms with van der Waals surface area (Å²) in [6.07, 6.45) is 0.933. The number of rotatable bonds is 8. The third kappa shape index (κ3) is 4.43. The number of ether oxygens (including phenoxy) is 3. The minimum atomic E-state index is -1.66. The van der Waals surface area contributed by atoms with Gasteiger partial charge < -0.3 is 14.2 Å². The smallest absolute Gasteiger partial charge is 0.343 e. The van der Waals surface area contributed by atoms with E-state index in [1.165, 1.54) is 37.9 Å². The molecule has 0 N–H and O–H groups in total. The molecule has 2 aromatic rings. The van der Waals surface area contributed by atoms with Gasteiger partial charge in [0.25, 0.3) is 6.08 Å². The molecular formula is C16H19F2N3O4. The second-order valence-corrected chi connectivity index (χ2v) is 5.27. The van der Waals surface area contributed by atoms with E-state index >= 15 is 0 Å². The maximum Gasteiger partial charge on any atom is 0.343 e. The highest BCUT2D eigenvalue weighted by atomic mass is 19.3. The van der Waals surface area contributed by atoms with Gasteiger partial charge >= 0.3 is 5.97 Å². The van der Waals surface area contributed by atoms with Crippen LogP contribution in [0.2, 0.25) is 0 Å². The lowest BCUT2D eigenvalue weighted by Gasteiger charge is -2.07. The summed E-state index contributed by atoms with van der Waals surface area (Å²) < 4.78 is 41.3. The Bertz CT molecular complexity index is 785. The zero-order valence-corrected chi connectivity index (χ0v) is 14.2. The third-order valence-corrected chi connectivity index (χ3v) is 3.56. The Morgan fingerprint density at radius 1 is 1.24 bits per heavy atom. The zero-order valence-electron chi connectivity index (χ0n) is 14.2. The molecule has 0 atom stereocenters. The van der Waals surface area contributed by atoms with Crippen LogP contribution in [-0.4, -0.2) is 41.4 Å². The van der Waals surface area contributed by atoms with Crippen molar-refractivity contribution in [2.75, 3.05) is 20.8 Å². The quantitative estimate of drug-likeness (QED) is 0.534. The van der Waals surface area contributed by atoms with Crippen LogP contribution in [-0.2, 0) is 4.74 Å². The van der Waals surface area contributed by atoms with E-state index in [0.717, 1.165) is 0 Å². The average Bonchev–Trinajstić information content (AvgIpc) is 3.03. The van der Waals surface area contributed by atoms with Gasteiger partial charge in [0.2, 0.25) is 11.8 Å². The molecule has 0 spiro atoms. The van der Waals surface area contributed by atoms with E-state index in [-0.39, 0.29) is 35.7 Å². The number of unbranched alkanes of at least 4 members (excludes halogenated alkanes) is 1. The van der Waals surface area contributed by atoms with E-state index in [4.69, 9.17) is 14.2 Å². The molecule has 0 radical (unpaired) electrons. The lowest BCUT2D eigenvalue weighted by molar-refractivity contribution is 0.0500. The second kappa shape index (κ2) is 8.41. The molecule has 0 aliphatic heterocycles. The number of halogens is 2. The third-order valence-electron chi connectivity index (χ3n) is 3.56. The Morgan fingerprint density at radius 2 is 2.00 bits per heavy atom. The fourth-order valence-electron chi connectivity index (χ4n) is 2.14. The van der Waals surface area contributed by atoms with Crippen LogP contribution in [0.25, 0.3) is 5.65 Å². The van der Waals surface area contributed by atoms with Crippen LogP contribution >= 0.6 is 0 Å². The van der Waals surface area contributed by atoms with E-state index < -0.39 is 12.0 Å². The van der Waals surface area contributed by atoms with Gasteiger partial charge in [0.05, 0.1) is 33.1 Å². The Labute approximate surface area is 143 Å². The van der Waals surface area contributed by atoms with E-state index in [0.29, 0.717) is 18.7 Å². The van der Waals surface area contributed by atoms with Gasteiger partial charge in [0.15, 0.2) is 5.65 Å².